The van der Waals surface area contributed by atoms with E-state index in [1.54, 1.807) is 0 Å². The maximum Gasteiger partial charge on any atom is 0.123 e. The number of nitrogen functional groups attached to an aromatic ring is 1. The standard InChI is InChI=1S/C6H8N2/c1-5-2-3-6(7)8-4-5/h2-4H,1H3,(H2,7,8)/i1D3,4D. The van der Waals surface area contributed by atoms with Crippen LogP contribution in [0.15, 0.2) is 18.3 Å². The molecule has 0 spiro atoms. The van der Waals surface area contributed by atoms with E-state index in [1.165, 1.54) is 12.1 Å². The summed E-state index contributed by atoms with van der Waals surface area (Å²) in [5.41, 5.74) is 5.18. The van der Waals surface area contributed by atoms with E-state index >= 15 is 0 Å². The van der Waals surface area contributed by atoms with E-state index in [9.17, 15) is 0 Å². The molecule has 2 nitrogen and oxygen atoms in total. The Hall–Kier alpha value is -1.05. The maximum atomic E-state index is 7.22. The Balaban J connectivity index is 3.19. The van der Waals surface area contributed by atoms with E-state index in [2.05, 4.69) is 4.98 Å². The Morgan fingerprint density at radius 1 is 1.88 bits per heavy atom. The molecule has 1 rings (SSSR count). The average molecular weight is 112 g/mol. The third-order valence-electron chi connectivity index (χ3n) is 0.726. The zero-order valence-electron chi connectivity index (χ0n) is 8.18. The van der Waals surface area contributed by atoms with Crippen LogP contribution in [0.2, 0.25) is 0 Å². The second kappa shape index (κ2) is 1.82. The van der Waals surface area contributed by atoms with Crippen molar-refractivity contribution in [3.05, 3.63) is 23.9 Å². The lowest BCUT2D eigenvalue weighted by molar-refractivity contribution is 1.28. The Morgan fingerprint density at radius 3 is 3.38 bits per heavy atom. The zero-order valence-corrected chi connectivity index (χ0v) is 4.18. The van der Waals surface area contributed by atoms with Gasteiger partial charge in [0, 0.05) is 10.3 Å². The van der Waals surface area contributed by atoms with Gasteiger partial charge in [-0.25, -0.2) is 4.98 Å². The van der Waals surface area contributed by atoms with Crippen LogP contribution in [0.3, 0.4) is 0 Å². The van der Waals surface area contributed by atoms with Crippen LogP contribution in [-0.2, 0) is 0 Å². The molecule has 0 saturated heterocycles. The molecule has 0 aliphatic heterocycles. The maximum absolute atomic E-state index is 7.22. The summed E-state index contributed by atoms with van der Waals surface area (Å²) >= 11 is 0. The molecule has 0 fully saturated rings. The molecule has 2 heteroatoms. The van der Waals surface area contributed by atoms with Gasteiger partial charge in [-0.2, -0.15) is 0 Å². The Morgan fingerprint density at radius 2 is 2.75 bits per heavy atom. The molecule has 0 amide bonds. The molecule has 1 aromatic heterocycles. The quantitative estimate of drug-likeness (QED) is 0.543. The molecule has 0 radical (unpaired) electrons. The fraction of sp³-hybridized carbons (Fsp3) is 0.167. The lowest BCUT2D eigenvalue weighted by Crippen LogP contribution is -1.87. The molecule has 0 bridgehead atoms. The first kappa shape index (κ1) is 2.05. The number of hydrogen-bond donors (Lipinski definition) is 1. The van der Waals surface area contributed by atoms with Gasteiger partial charge >= 0.3 is 0 Å². The minimum absolute atomic E-state index is 0.0725. The number of nitrogens with two attached hydrogens (primary N) is 1. The normalized spacial score (nSPS) is 18.0. The van der Waals surface area contributed by atoms with Crippen LogP contribution in [0, 0.1) is 6.85 Å². The summed E-state index contributed by atoms with van der Waals surface area (Å²) in [5, 5.41) is 0. The van der Waals surface area contributed by atoms with Crippen molar-refractivity contribution in [3.8, 4) is 0 Å². The summed E-state index contributed by atoms with van der Waals surface area (Å²) in [5.74, 6) is 0.160. The highest BCUT2D eigenvalue weighted by molar-refractivity contribution is 5.28. The van der Waals surface area contributed by atoms with Crippen molar-refractivity contribution in [1.29, 1.82) is 0 Å². The topological polar surface area (TPSA) is 38.9 Å². The van der Waals surface area contributed by atoms with Crippen molar-refractivity contribution >= 4 is 5.82 Å². The first-order chi connectivity index (χ1) is 5.41. The second-order valence-corrected chi connectivity index (χ2v) is 1.40. The lowest BCUT2D eigenvalue weighted by Gasteiger charge is -1.89. The SMILES string of the molecule is [2H]c1nc(N)ccc1C([2H])([2H])[2H]. The third-order valence-corrected chi connectivity index (χ3v) is 0.726. The largest absolute Gasteiger partial charge is 0.384 e. The Kier molecular flexibility index (Phi) is 0.467. The molecule has 0 saturated carbocycles. The smallest absolute Gasteiger partial charge is 0.123 e. The van der Waals surface area contributed by atoms with Crippen molar-refractivity contribution in [3.63, 3.8) is 0 Å². The fourth-order valence-electron chi connectivity index (χ4n) is 0.368. The Labute approximate surface area is 54.0 Å². The van der Waals surface area contributed by atoms with Crippen LogP contribution in [0.25, 0.3) is 0 Å². The van der Waals surface area contributed by atoms with E-state index in [4.69, 9.17) is 11.2 Å². The molecule has 8 heavy (non-hydrogen) atoms. The molecule has 1 aromatic rings. The predicted octanol–water partition coefficient (Wildman–Crippen LogP) is 0.972. The van der Waals surface area contributed by atoms with Gasteiger partial charge in [-0.3, -0.25) is 0 Å². The van der Waals surface area contributed by atoms with Crippen LogP contribution in [0.5, 0.6) is 0 Å². The summed E-state index contributed by atoms with van der Waals surface area (Å²) in [6.07, 6.45) is -0.282. The number of aromatic nitrogens is 1. The second-order valence-electron chi connectivity index (χ2n) is 1.40. The number of rotatable bonds is 0. The summed E-state index contributed by atoms with van der Waals surface area (Å²) in [6.45, 7) is -2.28. The van der Waals surface area contributed by atoms with Crippen molar-refractivity contribution in [2.45, 2.75) is 6.85 Å². The number of anilines is 1. The minimum atomic E-state index is -2.28. The minimum Gasteiger partial charge on any atom is -0.384 e. The van der Waals surface area contributed by atoms with Crippen LogP contribution < -0.4 is 5.73 Å². The first-order valence-electron chi connectivity index (χ1n) is 4.15. The number of hydrogen-bond acceptors (Lipinski definition) is 2. The van der Waals surface area contributed by atoms with Crippen LogP contribution in [-0.4, -0.2) is 4.98 Å². The van der Waals surface area contributed by atoms with E-state index in [1.807, 2.05) is 0 Å². The van der Waals surface area contributed by atoms with Gasteiger partial charge in [0.25, 0.3) is 0 Å². The molecule has 0 unspecified atom stereocenters. The summed E-state index contributed by atoms with van der Waals surface area (Å²) in [4.78, 5) is 3.52. The predicted molar refractivity (Wildman–Crippen MR) is 33.4 cm³/mol. The van der Waals surface area contributed by atoms with Crippen LogP contribution in [0.4, 0.5) is 5.82 Å². The number of nitrogens with zero attached hydrogens (tertiary/aromatic N) is 1. The first-order valence-corrected chi connectivity index (χ1v) is 2.15. The van der Waals surface area contributed by atoms with Crippen molar-refractivity contribution in [2.75, 3.05) is 5.73 Å². The molecule has 0 atom stereocenters. The van der Waals surface area contributed by atoms with E-state index in [0.29, 0.717) is 0 Å². The van der Waals surface area contributed by atoms with E-state index < -0.39 is 6.85 Å². The highest BCUT2D eigenvalue weighted by atomic mass is 14.8. The third kappa shape index (κ3) is 0.964. The lowest BCUT2D eigenvalue weighted by atomic mass is 10.3. The van der Waals surface area contributed by atoms with Crippen LogP contribution >= 0.6 is 0 Å². The fourth-order valence-corrected chi connectivity index (χ4v) is 0.368. The summed E-state index contributed by atoms with van der Waals surface area (Å²) < 4.78 is 28.3. The van der Waals surface area contributed by atoms with Gasteiger partial charge in [0.1, 0.15) is 5.82 Å². The molecule has 0 aromatic carbocycles. The van der Waals surface area contributed by atoms with Gasteiger partial charge in [-0.05, 0) is 18.5 Å². The molecule has 1 heterocycles. The molecule has 42 valence electrons. The van der Waals surface area contributed by atoms with Gasteiger partial charge in [-0.15, -0.1) is 0 Å². The highest BCUT2D eigenvalue weighted by Crippen LogP contribution is 1.97. The molecule has 0 aliphatic rings. The van der Waals surface area contributed by atoms with Crippen molar-refractivity contribution < 1.29 is 5.48 Å². The molecule has 2 N–H and O–H groups in total. The van der Waals surface area contributed by atoms with Gasteiger partial charge < -0.3 is 5.73 Å². The van der Waals surface area contributed by atoms with E-state index in [-0.39, 0.29) is 17.6 Å². The molecular formula is C6H8N2. The van der Waals surface area contributed by atoms with Crippen LogP contribution in [0.1, 0.15) is 11.0 Å². The number of aryl methyl sites for hydroxylation is 1. The summed E-state index contributed by atoms with van der Waals surface area (Å²) in [6, 6.07) is 2.68. The van der Waals surface area contributed by atoms with Gasteiger partial charge in [0.15, 0.2) is 0 Å². The zero-order chi connectivity index (χ0) is 9.35. The van der Waals surface area contributed by atoms with E-state index in [0.717, 1.165) is 0 Å². The average Bonchev–Trinajstić information content (AvgIpc) is 1.83. The van der Waals surface area contributed by atoms with Gasteiger partial charge in [0.05, 0.1) is 1.37 Å². The summed E-state index contributed by atoms with van der Waals surface area (Å²) in [7, 11) is 0. The van der Waals surface area contributed by atoms with Crippen molar-refractivity contribution in [1.82, 2.24) is 4.98 Å². The highest BCUT2D eigenvalue weighted by Gasteiger charge is 1.81. The monoisotopic (exact) mass is 112 g/mol. The Bertz CT molecular complexity index is 294. The molecule has 0 aliphatic carbocycles. The van der Waals surface area contributed by atoms with Gasteiger partial charge in [-0.1, -0.05) is 6.07 Å². The number of pyridine rings is 1. The van der Waals surface area contributed by atoms with Crippen molar-refractivity contribution in [2.24, 2.45) is 0 Å². The molecular weight excluding hydrogens is 100 g/mol. The van der Waals surface area contributed by atoms with Gasteiger partial charge in [0.2, 0.25) is 0 Å².